The number of nitrogens with one attached hydrogen (secondary N) is 1. The summed E-state index contributed by atoms with van der Waals surface area (Å²) < 4.78 is 45.7. The Kier molecular flexibility index (Phi) is 6.16. The van der Waals surface area contributed by atoms with E-state index in [0.29, 0.717) is 12.1 Å². The molecule has 0 spiro atoms. The van der Waals surface area contributed by atoms with Gasteiger partial charge >= 0.3 is 12.1 Å². The zero-order valence-corrected chi connectivity index (χ0v) is 19.3. The summed E-state index contributed by atoms with van der Waals surface area (Å²) >= 11 is 6.13. The van der Waals surface area contributed by atoms with Crippen LogP contribution < -0.4 is 10.9 Å². The topological polar surface area (TPSA) is 73.2 Å². The molecule has 0 fully saturated rings. The first-order chi connectivity index (χ1) is 16.0. The molecule has 1 aromatic heterocycles. The maximum Gasteiger partial charge on any atom is 0.416 e. The van der Waals surface area contributed by atoms with Crippen LogP contribution in [0.25, 0.3) is 11.4 Å². The fourth-order valence-corrected chi connectivity index (χ4v) is 4.46. The molecular weight excluding hydrogens is 471 g/mol. The van der Waals surface area contributed by atoms with Crippen molar-refractivity contribution in [2.75, 3.05) is 5.32 Å². The zero-order valence-electron chi connectivity index (χ0n) is 18.5. The number of fused-ring (bicyclic) bond motifs is 1. The maximum atomic E-state index is 13.3. The molecular formula is C24H21ClF3N3O3. The lowest BCUT2D eigenvalue weighted by molar-refractivity contribution is -0.146. The number of nitrogens with zero attached hydrogens (tertiary/aromatic N) is 2. The summed E-state index contributed by atoms with van der Waals surface area (Å²) in [5, 5.41) is 3.03. The highest BCUT2D eigenvalue weighted by molar-refractivity contribution is 6.33. The first-order valence-corrected chi connectivity index (χ1v) is 10.8. The average Bonchev–Trinajstić information content (AvgIpc) is 3.09. The van der Waals surface area contributed by atoms with Crippen LogP contribution in [0.1, 0.15) is 35.3 Å². The van der Waals surface area contributed by atoms with Gasteiger partial charge in [-0.05, 0) is 36.2 Å². The highest BCUT2D eigenvalue weighted by Crippen LogP contribution is 2.37. The lowest BCUT2D eigenvalue weighted by Crippen LogP contribution is -2.31. The molecule has 1 aliphatic carbocycles. The first-order valence-electron chi connectivity index (χ1n) is 10.4. The number of hydrogen-bond donors (Lipinski definition) is 1. The number of rotatable bonds is 4. The summed E-state index contributed by atoms with van der Waals surface area (Å²) in [5.74, 6) is -0.296. The summed E-state index contributed by atoms with van der Waals surface area (Å²) in [6.45, 7) is 2.95. The monoisotopic (exact) mass is 491 g/mol. The normalized spacial score (nSPS) is 17.4. The van der Waals surface area contributed by atoms with Crippen molar-refractivity contribution in [1.29, 1.82) is 0 Å². The summed E-state index contributed by atoms with van der Waals surface area (Å²) in [7, 11) is 1.47. The van der Waals surface area contributed by atoms with Crippen LogP contribution >= 0.6 is 11.6 Å². The Labute approximate surface area is 198 Å². The molecule has 0 bridgehead atoms. The van der Waals surface area contributed by atoms with E-state index < -0.39 is 35.4 Å². The highest BCUT2D eigenvalue weighted by atomic mass is 35.5. The van der Waals surface area contributed by atoms with Gasteiger partial charge in [-0.1, -0.05) is 35.9 Å². The van der Waals surface area contributed by atoms with E-state index in [2.05, 4.69) is 10.3 Å². The summed E-state index contributed by atoms with van der Waals surface area (Å²) in [4.78, 5) is 29.4. The second-order valence-electron chi connectivity index (χ2n) is 8.13. The van der Waals surface area contributed by atoms with Gasteiger partial charge in [-0.2, -0.15) is 13.2 Å². The lowest BCUT2D eigenvalue weighted by Gasteiger charge is -2.24. The van der Waals surface area contributed by atoms with E-state index >= 15 is 0 Å². The summed E-state index contributed by atoms with van der Waals surface area (Å²) in [5.41, 5.74) is 1.31. The molecule has 2 atom stereocenters. The number of aryl methyl sites for hydroxylation is 1. The van der Waals surface area contributed by atoms with Gasteiger partial charge in [0.1, 0.15) is 17.6 Å². The van der Waals surface area contributed by atoms with Crippen LogP contribution in [-0.4, -0.2) is 21.6 Å². The van der Waals surface area contributed by atoms with Crippen LogP contribution in [0.5, 0.6) is 0 Å². The highest BCUT2D eigenvalue weighted by Gasteiger charge is 2.36. The number of esters is 1. The Morgan fingerprint density at radius 1 is 1.24 bits per heavy atom. The predicted molar refractivity (Wildman–Crippen MR) is 122 cm³/mol. The van der Waals surface area contributed by atoms with Crippen LogP contribution in [0.15, 0.2) is 47.3 Å². The van der Waals surface area contributed by atoms with Gasteiger partial charge in [0, 0.05) is 26.0 Å². The molecule has 1 heterocycles. The second kappa shape index (κ2) is 8.79. The Morgan fingerprint density at radius 3 is 2.59 bits per heavy atom. The molecule has 0 unspecified atom stereocenters. The molecule has 0 saturated heterocycles. The lowest BCUT2D eigenvalue weighted by atomic mass is 10.1. The number of alkyl halides is 3. The fourth-order valence-electron chi connectivity index (χ4n) is 4.20. The fraction of sp³-hybridized carbons (Fsp3) is 0.292. The van der Waals surface area contributed by atoms with E-state index in [1.807, 2.05) is 24.3 Å². The number of anilines is 1. The molecule has 3 aromatic rings. The average molecular weight is 492 g/mol. The molecule has 1 N–H and O–H groups in total. The predicted octanol–water partition coefficient (Wildman–Crippen LogP) is 5.07. The first kappa shape index (κ1) is 23.8. The molecule has 0 radical (unpaired) electrons. The largest absolute Gasteiger partial charge is 0.460 e. The molecule has 4 rings (SSSR count). The minimum absolute atomic E-state index is 0.134. The van der Waals surface area contributed by atoms with Crippen LogP contribution in [0.3, 0.4) is 0 Å². The van der Waals surface area contributed by atoms with Gasteiger partial charge in [-0.15, -0.1) is 0 Å². The van der Waals surface area contributed by atoms with E-state index in [4.69, 9.17) is 16.3 Å². The third-order valence-corrected chi connectivity index (χ3v) is 6.12. The SMILES string of the molecule is CC(=O)O[C@H]1Cc2ccccc2[C@H]1Nc1c(C)nc(-c2ccc(C(F)(F)F)cc2Cl)n(C)c1=O. The van der Waals surface area contributed by atoms with Crippen molar-refractivity contribution < 1.29 is 22.7 Å². The molecule has 0 saturated carbocycles. The number of benzene rings is 2. The van der Waals surface area contributed by atoms with Crippen molar-refractivity contribution in [2.24, 2.45) is 7.05 Å². The Hall–Kier alpha value is -3.33. The van der Waals surface area contributed by atoms with Gasteiger partial charge in [0.05, 0.1) is 22.3 Å². The van der Waals surface area contributed by atoms with Crippen molar-refractivity contribution in [1.82, 2.24) is 9.55 Å². The molecule has 10 heteroatoms. The van der Waals surface area contributed by atoms with Crippen LogP contribution in [0.2, 0.25) is 5.02 Å². The quantitative estimate of drug-likeness (QED) is 0.516. The van der Waals surface area contributed by atoms with Crippen LogP contribution in [0.4, 0.5) is 18.9 Å². The van der Waals surface area contributed by atoms with Gasteiger partial charge in [-0.25, -0.2) is 4.98 Å². The van der Waals surface area contributed by atoms with E-state index in [0.717, 1.165) is 23.3 Å². The maximum absolute atomic E-state index is 13.3. The molecule has 6 nitrogen and oxygen atoms in total. The Bertz CT molecular complexity index is 1340. The van der Waals surface area contributed by atoms with Gasteiger partial charge < -0.3 is 10.1 Å². The van der Waals surface area contributed by atoms with Gasteiger partial charge in [0.2, 0.25) is 0 Å². The number of halogens is 4. The van der Waals surface area contributed by atoms with Crippen molar-refractivity contribution in [2.45, 2.75) is 38.6 Å². The molecule has 2 aromatic carbocycles. The number of carbonyl (C=O) groups excluding carboxylic acids is 1. The number of hydrogen-bond acceptors (Lipinski definition) is 5. The summed E-state index contributed by atoms with van der Waals surface area (Å²) in [6.07, 6.45) is -4.55. The van der Waals surface area contributed by atoms with Crippen molar-refractivity contribution in [3.63, 3.8) is 0 Å². The van der Waals surface area contributed by atoms with Gasteiger partial charge in [0.25, 0.3) is 5.56 Å². The molecule has 178 valence electrons. The standard InChI is InChI=1S/C24H21ClF3N3O3/c1-12-20(30-21-16-7-5-4-6-14(16)10-19(21)34-13(2)32)23(33)31(3)22(29-12)17-9-8-15(11-18(17)25)24(26,27)28/h4-9,11,19,21,30H,10H2,1-3H3/t19-,21+/m0/s1. The van der Waals surface area contributed by atoms with Crippen molar-refractivity contribution in [3.05, 3.63) is 80.2 Å². The van der Waals surface area contributed by atoms with Gasteiger partial charge in [0.15, 0.2) is 0 Å². The Balaban J connectivity index is 1.74. The van der Waals surface area contributed by atoms with Crippen LogP contribution in [-0.2, 0) is 29.2 Å². The smallest absolute Gasteiger partial charge is 0.416 e. The van der Waals surface area contributed by atoms with Gasteiger partial charge in [-0.3, -0.25) is 14.2 Å². The number of aromatic nitrogens is 2. The Morgan fingerprint density at radius 2 is 1.94 bits per heavy atom. The zero-order chi connectivity index (χ0) is 24.8. The van der Waals surface area contributed by atoms with Crippen molar-refractivity contribution in [3.8, 4) is 11.4 Å². The molecule has 0 amide bonds. The second-order valence-corrected chi connectivity index (χ2v) is 8.53. The minimum Gasteiger partial charge on any atom is -0.460 e. The van der Waals surface area contributed by atoms with E-state index in [1.54, 1.807) is 6.92 Å². The van der Waals surface area contributed by atoms with E-state index in [-0.39, 0.29) is 22.1 Å². The molecule has 34 heavy (non-hydrogen) atoms. The van der Waals surface area contributed by atoms with E-state index in [1.165, 1.54) is 24.6 Å². The molecule has 0 aliphatic heterocycles. The summed E-state index contributed by atoms with van der Waals surface area (Å²) in [6, 6.07) is 10.0. The van der Waals surface area contributed by atoms with Crippen molar-refractivity contribution >= 4 is 23.3 Å². The number of ether oxygens (including phenoxy) is 1. The number of carbonyl (C=O) groups is 1. The molecule has 1 aliphatic rings. The van der Waals surface area contributed by atoms with Crippen LogP contribution in [0, 0.1) is 6.92 Å². The van der Waals surface area contributed by atoms with E-state index in [9.17, 15) is 22.8 Å². The third-order valence-electron chi connectivity index (χ3n) is 5.81. The third kappa shape index (κ3) is 4.40. The minimum atomic E-state index is -4.54.